The third-order valence-electron chi connectivity index (χ3n) is 3.42. The van der Waals surface area contributed by atoms with Crippen LogP contribution in [0.3, 0.4) is 0 Å². The van der Waals surface area contributed by atoms with Crippen molar-refractivity contribution in [1.29, 1.82) is 0 Å². The van der Waals surface area contributed by atoms with Gasteiger partial charge in [-0.2, -0.15) is 0 Å². The predicted molar refractivity (Wildman–Crippen MR) is 76.1 cm³/mol. The third kappa shape index (κ3) is 1.68. The van der Waals surface area contributed by atoms with Crippen LogP contribution in [0, 0.1) is 0 Å². The minimum Gasteiger partial charge on any atom is -0.443 e. The van der Waals surface area contributed by atoms with E-state index >= 15 is 0 Å². The summed E-state index contributed by atoms with van der Waals surface area (Å²) in [4.78, 5) is 8.41. The molecule has 2 N–H and O–H groups in total. The zero-order valence-corrected chi connectivity index (χ0v) is 10.7. The van der Waals surface area contributed by atoms with Crippen molar-refractivity contribution in [3.05, 3.63) is 54.9 Å². The lowest BCUT2D eigenvalue weighted by atomic mass is 10.1. The molecule has 5 heteroatoms. The lowest BCUT2D eigenvalue weighted by Crippen LogP contribution is -2.00. The highest BCUT2D eigenvalue weighted by atomic mass is 16.3. The van der Waals surface area contributed by atoms with Crippen LogP contribution in [-0.4, -0.2) is 14.4 Å². The summed E-state index contributed by atoms with van der Waals surface area (Å²) in [5.74, 6) is 0. The van der Waals surface area contributed by atoms with Gasteiger partial charge in [-0.15, -0.1) is 0 Å². The summed E-state index contributed by atoms with van der Waals surface area (Å²) in [5, 5.41) is 0. The highest BCUT2D eigenvalue weighted by Gasteiger charge is 2.06. The van der Waals surface area contributed by atoms with Crippen LogP contribution in [0.1, 0.15) is 5.69 Å². The van der Waals surface area contributed by atoms with Crippen molar-refractivity contribution in [2.45, 2.75) is 6.54 Å². The quantitative estimate of drug-likeness (QED) is 0.604. The molecule has 0 aliphatic carbocycles. The average molecular weight is 264 g/mol. The molecule has 0 aliphatic rings. The summed E-state index contributed by atoms with van der Waals surface area (Å²) in [6, 6.07) is 10.1. The van der Waals surface area contributed by atoms with E-state index in [0.717, 1.165) is 33.4 Å². The highest BCUT2D eigenvalue weighted by molar-refractivity contribution is 5.81. The molecule has 0 bridgehead atoms. The number of nitrogens with zero attached hydrogens (tertiary/aromatic N) is 3. The second-order valence-electron chi connectivity index (χ2n) is 4.68. The normalized spacial score (nSPS) is 11.4. The number of nitrogens with two attached hydrogens (primary N) is 1. The average Bonchev–Trinajstić information content (AvgIpc) is 3.11. The van der Waals surface area contributed by atoms with E-state index in [4.69, 9.17) is 10.2 Å². The second kappa shape index (κ2) is 4.18. The first-order valence-electron chi connectivity index (χ1n) is 6.34. The lowest BCUT2D eigenvalue weighted by Gasteiger charge is -1.96. The largest absolute Gasteiger partial charge is 0.443 e. The van der Waals surface area contributed by atoms with Gasteiger partial charge in [0.25, 0.3) is 0 Å². The maximum Gasteiger partial charge on any atom is 0.181 e. The summed E-state index contributed by atoms with van der Waals surface area (Å²) in [6.07, 6.45) is 5.29. The Morgan fingerprint density at radius 1 is 1.10 bits per heavy atom. The van der Waals surface area contributed by atoms with Crippen molar-refractivity contribution in [3.8, 4) is 11.1 Å². The standard InChI is InChI=1S/C15H12N4O/c16-6-12-5-13-3-11(7-19(13)8-17-12)10-1-2-14-15(4-10)20-9-18-14/h1-5,7-9H,6,16H2. The zero-order chi connectivity index (χ0) is 13.5. The van der Waals surface area contributed by atoms with Crippen molar-refractivity contribution >= 4 is 16.6 Å². The van der Waals surface area contributed by atoms with E-state index in [2.05, 4.69) is 16.0 Å². The molecular weight excluding hydrogens is 252 g/mol. The van der Waals surface area contributed by atoms with Crippen LogP contribution in [0.25, 0.3) is 27.7 Å². The monoisotopic (exact) mass is 264 g/mol. The summed E-state index contributed by atoms with van der Waals surface area (Å²) in [6.45, 7) is 0.445. The van der Waals surface area contributed by atoms with E-state index in [1.165, 1.54) is 6.39 Å². The second-order valence-corrected chi connectivity index (χ2v) is 4.68. The van der Waals surface area contributed by atoms with Crippen LogP contribution in [0.15, 0.2) is 53.7 Å². The molecule has 0 saturated heterocycles. The first-order chi connectivity index (χ1) is 9.83. The predicted octanol–water partition coefficient (Wildman–Crippen LogP) is 2.60. The molecule has 0 spiro atoms. The van der Waals surface area contributed by atoms with Gasteiger partial charge in [0.2, 0.25) is 0 Å². The van der Waals surface area contributed by atoms with Gasteiger partial charge in [-0.1, -0.05) is 6.07 Å². The number of oxazole rings is 1. The maximum atomic E-state index is 5.62. The summed E-state index contributed by atoms with van der Waals surface area (Å²) in [7, 11) is 0. The molecule has 3 aromatic heterocycles. The van der Waals surface area contributed by atoms with E-state index in [1.54, 1.807) is 6.33 Å². The molecule has 0 amide bonds. The highest BCUT2D eigenvalue weighted by Crippen LogP contribution is 2.26. The number of aromatic nitrogens is 3. The number of fused-ring (bicyclic) bond motifs is 2. The van der Waals surface area contributed by atoms with Gasteiger partial charge < -0.3 is 14.6 Å². The molecular formula is C15H12N4O. The van der Waals surface area contributed by atoms with Crippen LogP contribution in [0.5, 0.6) is 0 Å². The van der Waals surface area contributed by atoms with Gasteiger partial charge in [-0.25, -0.2) is 9.97 Å². The van der Waals surface area contributed by atoms with Gasteiger partial charge in [0.15, 0.2) is 12.0 Å². The summed E-state index contributed by atoms with van der Waals surface area (Å²) in [5.41, 5.74) is 11.4. The first kappa shape index (κ1) is 11.2. The van der Waals surface area contributed by atoms with Crippen molar-refractivity contribution < 1.29 is 4.42 Å². The molecule has 0 fully saturated rings. The minimum absolute atomic E-state index is 0.445. The zero-order valence-electron chi connectivity index (χ0n) is 10.7. The molecule has 3 heterocycles. The molecule has 0 radical (unpaired) electrons. The van der Waals surface area contributed by atoms with Gasteiger partial charge in [0.05, 0.1) is 12.0 Å². The number of rotatable bonds is 2. The molecule has 20 heavy (non-hydrogen) atoms. The van der Waals surface area contributed by atoms with Crippen LogP contribution >= 0.6 is 0 Å². The fourth-order valence-corrected chi connectivity index (χ4v) is 2.36. The third-order valence-corrected chi connectivity index (χ3v) is 3.42. The van der Waals surface area contributed by atoms with Crippen LogP contribution < -0.4 is 5.73 Å². The van der Waals surface area contributed by atoms with Gasteiger partial charge >= 0.3 is 0 Å². The Balaban J connectivity index is 1.87. The molecule has 0 unspecified atom stereocenters. The molecule has 0 saturated carbocycles. The van der Waals surface area contributed by atoms with Gasteiger partial charge in [0.1, 0.15) is 5.52 Å². The number of benzene rings is 1. The van der Waals surface area contributed by atoms with Crippen LogP contribution in [0.4, 0.5) is 0 Å². The molecule has 4 rings (SSSR count). The van der Waals surface area contributed by atoms with Crippen molar-refractivity contribution in [3.63, 3.8) is 0 Å². The van der Waals surface area contributed by atoms with E-state index in [9.17, 15) is 0 Å². The Bertz CT molecular complexity index is 906. The van der Waals surface area contributed by atoms with Crippen LogP contribution in [0.2, 0.25) is 0 Å². The smallest absolute Gasteiger partial charge is 0.181 e. The summed E-state index contributed by atoms with van der Waals surface area (Å²) >= 11 is 0. The Morgan fingerprint density at radius 2 is 2.05 bits per heavy atom. The van der Waals surface area contributed by atoms with Gasteiger partial charge in [-0.3, -0.25) is 0 Å². The molecule has 5 nitrogen and oxygen atoms in total. The molecule has 98 valence electrons. The fraction of sp³-hybridized carbons (Fsp3) is 0.0667. The summed E-state index contributed by atoms with van der Waals surface area (Å²) < 4.78 is 7.33. The fourth-order valence-electron chi connectivity index (χ4n) is 2.36. The number of hydrogen-bond donors (Lipinski definition) is 1. The van der Waals surface area contributed by atoms with Crippen molar-refractivity contribution in [2.24, 2.45) is 5.73 Å². The van der Waals surface area contributed by atoms with Crippen molar-refractivity contribution in [2.75, 3.05) is 0 Å². The van der Waals surface area contributed by atoms with E-state index in [1.807, 2.05) is 34.9 Å². The van der Waals surface area contributed by atoms with Crippen LogP contribution in [-0.2, 0) is 6.54 Å². The van der Waals surface area contributed by atoms with Gasteiger partial charge in [-0.05, 0) is 29.8 Å². The Kier molecular flexibility index (Phi) is 2.34. The van der Waals surface area contributed by atoms with Crippen molar-refractivity contribution in [1.82, 2.24) is 14.4 Å². The van der Waals surface area contributed by atoms with E-state index in [0.29, 0.717) is 6.54 Å². The Morgan fingerprint density at radius 3 is 2.95 bits per heavy atom. The maximum absolute atomic E-state index is 5.62. The minimum atomic E-state index is 0.445. The SMILES string of the molecule is NCc1cc2cc(-c3ccc4ncoc4c3)cn2cn1. The molecule has 0 aliphatic heterocycles. The Labute approximate surface area is 114 Å². The number of hydrogen-bond acceptors (Lipinski definition) is 4. The molecule has 0 atom stereocenters. The molecule has 4 aromatic rings. The topological polar surface area (TPSA) is 69.3 Å². The lowest BCUT2D eigenvalue weighted by molar-refractivity contribution is 0.602. The Hall–Kier alpha value is -2.66. The van der Waals surface area contributed by atoms with Gasteiger partial charge in [0, 0.05) is 23.8 Å². The van der Waals surface area contributed by atoms with E-state index < -0.39 is 0 Å². The molecule has 1 aromatic carbocycles. The van der Waals surface area contributed by atoms with E-state index in [-0.39, 0.29) is 0 Å². The first-order valence-corrected chi connectivity index (χ1v) is 6.34.